The third-order valence-corrected chi connectivity index (χ3v) is 3.16. The molecule has 0 fully saturated rings. The molecule has 1 rings (SSSR count). The van der Waals surface area contributed by atoms with Gasteiger partial charge in [0.25, 0.3) is 0 Å². The van der Waals surface area contributed by atoms with Crippen LogP contribution in [0.5, 0.6) is 0 Å². The molecule has 3 heteroatoms. The van der Waals surface area contributed by atoms with Gasteiger partial charge in [-0.1, -0.05) is 43.6 Å². The van der Waals surface area contributed by atoms with Gasteiger partial charge in [0.05, 0.1) is 0 Å². The topological polar surface area (TPSA) is 12.0 Å². The van der Waals surface area contributed by atoms with E-state index in [9.17, 15) is 4.39 Å². The number of nitrogens with one attached hydrogen (secondary N) is 1. The van der Waals surface area contributed by atoms with Gasteiger partial charge in [-0.05, 0) is 35.6 Å². The second-order valence-corrected chi connectivity index (χ2v) is 6.53. The van der Waals surface area contributed by atoms with Crippen molar-refractivity contribution in [2.45, 2.75) is 40.2 Å². The Balaban J connectivity index is 2.71. The third-order valence-electron chi connectivity index (χ3n) is 2.67. The zero-order valence-corrected chi connectivity index (χ0v) is 12.6. The maximum Gasteiger partial charge on any atom is 0.126 e. The standard InChI is InChI=1S/C14H21BrFN/c1-10(2)17-9-14(3,4)8-11-7-12(15)5-6-13(11)16/h5-7,10,17H,8-9H2,1-4H3. The summed E-state index contributed by atoms with van der Waals surface area (Å²) in [5.41, 5.74) is 0.821. The van der Waals surface area contributed by atoms with E-state index in [1.807, 2.05) is 6.07 Å². The maximum absolute atomic E-state index is 13.7. The molecule has 0 saturated carbocycles. The predicted molar refractivity (Wildman–Crippen MR) is 74.7 cm³/mol. The van der Waals surface area contributed by atoms with Crippen LogP contribution in [0.15, 0.2) is 22.7 Å². The van der Waals surface area contributed by atoms with E-state index in [1.54, 1.807) is 6.07 Å². The molecule has 17 heavy (non-hydrogen) atoms. The zero-order valence-electron chi connectivity index (χ0n) is 11.0. The summed E-state index contributed by atoms with van der Waals surface area (Å²) in [6, 6.07) is 5.58. The highest BCUT2D eigenvalue weighted by atomic mass is 79.9. The molecule has 0 aliphatic heterocycles. The van der Waals surface area contributed by atoms with E-state index in [0.717, 1.165) is 23.0 Å². The lowest BCUT2D eigenvalue weighted by Gasteiger charge is -2.26. The van der Waals surface area contributed by atoms with Gasteiger partial charge in [-0.15, -0.1) is 0 Å². The maximum atomic E-state index is 13.7. The van der Waals surface area contributed by atoms with Gasteiger partial charge >= 0.3 is 0 Å². The Labute approximate surface area is 112 Å². The van der Waals surface area contributed by atoms with Crippen LogP contribution in [0.25, 0.3) is 0 Å². The normalized spacial score (nSPS) is 12.2. The Morgan fingerprint density at radius 3 is 2.59 bits per heavy atom. The Bertz CT molecular complexity index is 374. The van der Waals surface area contributed by atoms with Crippen molar-refractivity contribution in [3.63, 3.8) is 0 Å². The summed E-state index contributed by atoms with van der Waals surface area (Å²) in [6.07, 6.45) is 0.734. The Kier molecular flexibility index (Phi) is 5.14. The summed E-state index contributed by atoms with van der Waals surface area (Å²) < 4.78 is 14.6. The van der Waals surface area contributed by atoms with Gasteiger partial charge < -0.3 is 5.32 Å². The van der Waals surface area contributed by atoms with E-state index in [2.05, 4.69) is 48.9 Å². The number of hydrogen-bond donors (Lipinski definition) is 1. The fourth-order valence-corrected chi connectivity index (χ4v) is 2.15. The second kappa shape index (κ2) is 5.96. The molecule has 1 aromatic carbocycles. The van der Waals surface area contributed by atoms with Gasteiger partial charge in [0.1, 0.15) is 5.82 Å². The van der Waals surface area contributed by atoms with Crippen LogP contribution in [-0.4, -0.2) is 12.6 Å². The summed E-state index contributed by atoms with van der Waals surface area (Å²) in [4.78, 5) is 0. The molecule has 0 saturated heterocycles. The average molecular weight is 302 g/mol. The van der Waals surface area contributed by atoms with E-state index in [-0.39, 0.29) is 11.2 Å². The number of hydrogen-bond acceptors (Lipinski definition) is 1. The molecular weight excluding hydrogens is 281 g/mol. The summed E-state index contributed by atoms with van der Waals surface area (Å²) in [5.74, 6) is -0.120. The van der Waals surface area contributed by atoms with Crippen LogP contribution in [0.1, 0.15) is 33.3 Å². The fraction of sp³-hybridized carbons (Fsp3) is 0.571. The highest BCUT2D eigenvalue weighted by Gasteiger charge is 2.20. The lowest BCUT2D eigenvalue weighted by Crippen LogP contribution is -2.35. The van der Waals surface area contributed by atoms with Gasteiger partial charge in [-0.3, -0.25) is 0 Å². The van der Waals surface area contributed by atoms with Gasteiger partial charge in [0.2, 0.25) is 0 Å². The van der Waals surface area contributed by atoms with Gasteiger partial charge in [0.15, 0.2) is 0 Å². The summed E-state index contributed by atoms with van der Waals surface area (Å²) in [7, 11) is 0. The van der Waals surface area contributed by atoms with Crippen molar-refractivity contribution in [3.05, 3.63) is 34.1 Å². The van der Waals surface area contributed by atoms with Crippen molar-refractivity contribution >= 4 is 15.9 Å². The average Bonchev–Trinajstić information content (AvgIpc) is 2.20. The molecule has 0 aliphatic rings. The Hall–Kier alpha value is -0.410. The number of halogens is 2. The van der Waals surface area contributed by atoms with E-state index in [4.69, 9.17) is 0 Å². The van der Waals surface area contributed by atoms with Crippen molar-refractivity contribution < 1.29 is 4.39 Å². The molecule has 1 nitrogen and oxygen atoms in total. The van der Waals surface area contributed by atoms with E-state index in [1.165, 1.54) is 6.07 Å². The minimum absolute atomic E-state index is 0.0475. The fourth-order valence-electron chi connectivity index (χ4n) is 1.74. The molecule has 0 amide bonds. The van der Waals surface area contributed by atoms with Gasteiger partial charge in [-0.2, -0.15) is 0 Å². The molecule has 0 aromatic heterocycles. The van der Waals surface area contributed by atoms with E-state index >= 15 is 0 Å². The van der Waals surface area contributed by atoms with Crippen molar-refractivity contribution in [2.75, 3.05) is 6.54 Å². The zero-order chi connectivity index (χ0) is 13.1. The van der Waals surface area contributed by atoms with Crippen molar-refractivity contribution in [3.8, 4) is 0 Å². The van der Waals surface area contributed by atoms with Gasteiger partial charge in [0, 0.05) is 17.1 Å². The second-order valence-electron chi connectivity index (χ2n) is 5.61. The van der Waals surface area contributed by atoms with Gasteiger partial charge in [-0.25, -0.2) is 4.39 Å². The van der Waals surface area contributed by atoms with Crippen LogP contribution in [0.4, 0.5) is 4.39 Å². The molecule has 0 radical (unpaired) electrons. The van der Waals surface area contributed by atoms with Crippen LogP contribution in [-0.2, 0) is 6.42 Å². The first kappa shape index (κ1) is 14.7. The first-order valence-corrected chi connectivity index (χ1v) is 6.77. The van der Waals surface area contributed by atoms with E-state index in [0.29, 0.717) is 6.04 Å². The molecular formula is C14H21BrFN. The lowest BCUT2D eigenvalue weighted by atomic mass is 9.85. The smallest absolute Gasteiger partial charge is 0.126 e. The van der Waals surface area contributed by atoms with Crippen LogP contribution in [0.2, 0.25) is 0 Å². The predicted octanol–water partition coefficient (Wildman–Crippen LogP) is 4.15. The molecule has 1 aromatic rings. The molecule has 96 valence electrons. The summed E-state index contributed by atoms with van der Waals surface area (Å²) >= 11 is 3.38. The quantitative estimate of drug-likeness (QED) is 0.861. The Morgan fingerprint density at radius 2 is 2.00 bits per heavy atom. The monoisotopic (exact) mass is 301 g/mol. The van der Waals surface area contributed by atoms with Crippen molar-refractivity contribution in [1.29, 1.82) is 0 Å². The largest absolute Gasteiger partial charge is 0.314 e. The minimum atomic E-state index is -0.120. The highest BCUT2D eigenvalue weighted by Crippen LogP contribution is 2.25. The molecule has 0 aliphatic carbocycles. The lowest BCUT2D eigenvalue weighted by molar-refractivity contribution is 0.321. The minimum Gasteiger partial charge on any atom is -0.314 e. The molecule has 0 atom stereocenters. The van der Waals surface area contributed by atoms with Crippen LogP contribution in [0, 0.1) is 11.2 Å². The molecule has 0 spiro atoms. The van der Waals surface area contributed by atoms with Crippen LogP contribution >= 0.6 is 15.9 Å². The van der Waals surface area contributed by atoms with E-state index < -0.39 is 0 Å². The first-order chi connectivity index (χ1) is 7.80. The first-order valence-electron chi connectivity index (χ1n) is 5.97. The van der Waals surface area contributed by atoms with Crippen molar-refractivity contribution in [1.82, 2.24) is 5.32 Å². The summed E-state index contributed by atoms with van der Waals surface area (Å²) in [5, 5.41) is 3.41. The number of benzene rings is 1. The van der Waals surface area contributed by atoms with Crippen molar-refractivity contribution in [2.24, 2.45) is 5.41 Å². The van der Waals surface area contributed by atoms with Crippen LogP contribution < -0.4 is 5.32 Å². The SMILES string of the molecule is CC(C)NCC(C)(C)Cc1cc(Br)ccc1F. The van der Waals surface area contributed by atoms with Crippen LogP contribution in [0.3, 0.4) is 0 Å². The Morgan fingerprint density at radius 1 is 1.35 bits per heavy atom. The highest BCUT2D eigenvalue weighted by molar-refractivity contribution is 9.10. The number of rotatable bonds is 5. The summed E-state index contributed by atoms with van der Waals surface area (Å²) in [6.45, 7) is 9.44. The molecule has 0 bridgehead atoms. The third kappa shape index (κ3) is 5.17. The molecule has 0 heterocycles. The molecule has 0 unspecified atom stereocenters. The molecule has 1 N–H and O–H groups in total.